The summed E-state index contributed by atoms with van der Waals surface area (Å²) in [5, 5.41) is 3.10. The molecule has 6 heteroatoms. The second kappa shape index (κ2) is 9.20. The minimum absolute atomic E-state index is 0.00214. The van der Waals surface area contributed by atoms with Gasteiger partial charge in [0.25, 0.3) is 0 Å². The number of likely N-dealkylation sites (tertiary alicyclic amines) is 1. The summed E-state index contributed by atoms with van der Waals surface area (Å²) in [6.45, 7) is 5.01. The number of para-hydroxylation sites is 2. The normalized spacial score (nSPS) is 17.6. The Balaban J connectivity index is 1.28. The number of anilines is 1. The molecule has 0 spiro atoms. The molecule has 1 saturated heterocycles. The van der Waals surface area contributed by atoms with Crippen LogP contribution < -0.4 is 15.0 Å². The van der Waals surface area contributed by atoms with Gasteiger partial charge in [-0.05, 0) is 36.5 Å². The number of carbonyl (C=O) groups is 2. The van der Waals surface area contributed by atoms with Crippen molar-refractivity contribution in [3.63, 3.8) is 0 Å². The topological polar surface area (TPSA) is 61.9 Å². The monoisotopic (exact) mass is 407 g/mol. The van der Waals surface area contributed by atoms with Gasteiger partial charge in [-0.15, -0.1) is 0 Å². The van der Waals surface area contributed by atoms with Crippen molar-refractivity contribution < 1.29 is 14.3 Å². The third kappa shape index (κ3) is 4.42. The van der Waals surface area contributed by atoms with Gasteiger partial charge in [0.2, 0.25) is 5.91 Å². The molecular weight excluding hydrogens is 378 g/mol. The number of rotatable bonds is 4. The van der Waals surface area contributed by atoms with Crippen LogP contribution in [0.2, 0.25) is 0 Å². The third-order valence-electron chi connectivity index (χ3n) is 6.05. The second-order valence-corrected chi connectivity index (χ2v) is 8.07. The van der Waals surface area contributed by atoms with Crippen LogP contribution in [0, 0.1) is 5.92 Å². The molecule has 3 amide bonds. The molecule has 1 fully saturated rings. The lowest BCUT2D eigenvalue weighted by atomic mass is 9.95. The lowest BCUT2D eigenvalue weighted by Crippen LogP contribution is -2.50. The summed E-state index contributed by atoms with van der Waals surface area (Å²) in [5.41, 5.74) is 2.05. The predicted octanol–water partition coefficient (Wildman–Crippen LogP) is 3.64. The molecule has 2 aromatic carbocycles. The average Bonchev–Trinajstić information content (AvgIpc) is 2.82. The minimum atomic E-state index is -0.0333. The highest BCUT2D eigenvalue weighted by molar-refractivity contribution is 5.94. The van der Waals surface area contributed by atoms with Gasteiger partial charge in [0.05, 0.1) is 12.2 Å². The van der Waals surface area contributed by atoms with Crippen LogP contribution in [-0.2, 0) is 4.79 Å². The van der Waals surface area contributed by atoms with Crippen LogP contribution >= 0.6 is 0 Å². The van der Waals surface area contributed by atoms with Crippen molar-refractivity contribution in [3.05, 3.63) is 60.2 Å². The van der Waals surface area contributed by atoms with Crippen LogP contribution in [0.25, 0.3) is 0 Å². The van der Waals surface area contributed by atoms with Crippen molar-refractivity contribution >= 4 is 17.6 Å². The Morgan fingerprint density at radius 1 is 1.03 bits per heavy atom. The molecule has 1 N–H and O–H groups in total. The number of benzene rings is 2. The fourth-order valence-electron chi connectivity index (χ4n) is 4.17. The van der Waals surface area contributed by atoms with Crippen LogP contribution in [-0.4, -0.2) is 49.6 Å². The van der Waals surface area contributed by atoms with E-state index in [4.69, 9.17) is 4.74 Å². The quantitative estimate of drug-likeness (QED) is 0.842. The van der Waals surface area contributed by atoms with Crippen molar-refractivity contribution in [2.24, 2.45) is 5.92 Å². The van der Waals surface area contributed by atoms with Gasteiger partial charge < -0.3 is 15.0 Å². The molecule has 0 bridgehead atoms. The van der Waals surface area contributed by atoms with Crippen LogP contribution in [0.5, 0.6) is 5.75 Å². The van der Waals surface area contributed by atoms with E-state index in [1.54, 1.807) is 4.90 Å². The van der Waals surface area contributed by atoms with E-state index < -0.39 is 0 Å². The van der Waals surface area contributed by atoms with E-state index in [2.05, 4.69) is 24.4 Å². The number of hydrogen-bond donors (Lipinski definition) is 1. The summed E-state index contributed by atoms with van der Waals surface area (Å²) in [6, 6.07) is 17.9. The fraction of sp³-hybridized carbons (Fsp3) is 0.417. The molecule has 2 aliphatic heterocycles. The van der Waals surface area contributed by atoms with Gasteiger partial charge in [0, 0.05) is 25.6 Å². The number of nitrogens with zero attached hydrogens (tertiary/aromatic N) is 2. The maximum absolute atomic E-state index is 13.1. The molecule has 1 atom stereocenters. The molecule has 158 valence electrons. The first-order valence-electron chi connectivity index (χ1n) is 10.7. The standard InChI is InChI=1S/C24H29N3O3/c1-18(19-7-3-2-4-8-19)17-25-23(28)20-11-13-26(14-12-20)24(29)27-15-16-30-22-10-6-5-9-21(22)27/h2-10,18,20H,11-17H2,1H3,(H,25,28)/t18-/m0/s1. The number of nitrogens with one attached hydrogen (secondary N) is 1. The second-order valence-electron chi connectivity index (χ2n) is 8.07. The number of amides is 3. The highest BCUT2D eigenvalue weighted by atomic mass is 16.5. The van der Waals surface area contributed by atoms with Crippen molar-refractivity contribution in [1.29, 1.82) is 0 Å². The van der Waals surface area contributed by atoms with E-state index in [-0.39, 0.29) is 23.8 Å². The van der Waals surface area contributed by atoms with Gasteiger partial charge in [-0.25, -0.2) is 4.79 Å². The molecule has 0 aromatic heterocycles. The predicted molar refractivity (Wildman–Crippen MR) is 117 cm³/mol. The average molecular weight is 408 g/mol. The Morgan fingerprint density at radius 3 is 2.50 bits per heavy atom. The van der Waals surface area contributed by atoms with E-state index in [9.17, 15) is 9.59 Å². The number of urea groups is 1. The lowest BCUT2D eigenvalue weighted by molar-refractivity contribution is -0.126. The molecule has 4 rings (SSSR count). The van der Waals surface area contributed by atoms with Gasteiger partial charge in [0.15, 0.2) is 0 Å². The molecular formula is C24H29N3O3. The summed E-state index contributed by atoms with van der Waals surface area (Å²) in [5.74, 6) is 1.09. The summed E-state index contributed by atoms with van der Waals surface area (Å²) in [7, 11) is 0. The molecule has 0 unspecified atom stereocenters. The van der Waals surface area contributed by atoms with Crippen LogP contribution in [0.4, 0.5) is 10.5 Å². The summed E-state index contributed by atoms with van der Waals surface area (Å²) < 4.78 is 5.65. The smallest absolute Gasteiger partial charge is 0.324 e. The SMILES string of the molecule is C[C@@H](CNC(=O)C1CCN(C(=O)N2CCOc3ccccc32)CC1)c1ccccc1. The molecule has 0 radical (unpaired) electrons. The Bertz CT molecular complexity index is 878. The van der Waals surface area contributed by atoms with Gasteiger partial charge in [-0.3, -0.25) is 9.69 Å². The number of carbonyl (C=O) groups excluding carboxylic acids is 2. The van der Waals surface area contributed by atoms with Gasteiger partial charge in [-0.1, -0.05) is 49.4 Å². The summed E-state index contributed by atoms with van der Waals surface area (Å²) >= 11 is 0. The number of piperidine rings is 1. The van der Waals surface area contributed by atoms with Crippen molar-refractivity contribution in [2.75, 3.05) is 37.7 Å². The van der Waals surface area contributed by atoms with Crippen molar-refractivity contribution in [1.82, 2.24) is 10.2 Å². The first-order valence-corrected chi connectivity index (χ1v) is 10.7. The molecule has 0 saturated carbocycles. The van der Waals surface area contributed by atoms with Crippen molar-refractivity contribution in [2.45, 2.75) is 25.7 Å². The van der Waals surface area contributed by atoms with E-state index in [0.717, 1.165) is 11.4 Å². The van der Waals surface area contributed by atoms with Gasteiger partial charge in [-0.2, -0.15) is 0 Å². The zero-order chi connectivity index (χ0) is 20.9. The Kier molecular flexibility index (Phi) is 6.21. The fourth-order valence-corrected chi connectivity index (χ4v) is 4.17. The lowest BCUT2D eigenvalue weighted by Gasteiger charge is -2.37. The minimum Gasteiger partial charge on any atom is -0.490 e. The number of hydrogen-bond acceptors (Lipinski definition) is 3. The first-order chi connectivity index (χ1) is 14.6. The molecule has 30 heavy (non-hydrogen) atoms. The van der Waals surface area contributed by atoms with Crippen LogP contribution in [0.15, 0.2) is 54.6 Å². The van der Waals surface area contributed by atoms with Gasteiger partial charge in [0.1, 0.15) is 12.4 Å². The van der Waals surface area contributed by atoms with E-state index in [1.807, 2.05) is 47.4 Å². The molecule has 6 nitrogen and oxygen atoms in total. The molecule has 2 aliphatic rings. The highest BCUT2D eigenvalue weighted by Crippen LogP contribution is 2.32. The molecule has 0 aliphatic carbocycles. The van der Waals surface area contributed by atoms with Crippen LogP contribution in [0.1, 0.15) is 31.2 Å². The van der Waals surface area contributed by atoms with Gasteiger partial charge >= 0.3 is 6.03 Å². The first kappa shape index (κ1) is 20.3. The highest BCUT2D eigenvalue weighted by Gasteiger charge is 2.32. The summed E-state index contributed by atoms with van der Waals surface area (Å²) in [4.78, 5) is 29.3. The maximum atomic E-state index is 13.1. The van der Waals surface area contributed by atoms with Crippen LogP contribution in [0.3, 0.4) is 0 Å². The Hall–Kier alpha value is -3.02. The number of ether oxygens (including phenoxy) is 1. The maximum Gasteiger partial charge on any atom is 0.324 e. The Labute approximate surface area is 177 Å². The van der Waals surface area contributed by atoms with E-state index in [0.29, 0.717) is 45.6 Å². The third-order valence-corrected chi connectivity index (χ3v) is 6.05. The van der Waals surface area contributed by atoms with Crippen molar-refractivity contribution in [3.8, 4) is 5.75 Å². The molecule has 2 aromatic rings. The Morgan fingerprint density at radius 2 is 1.73 bits per heavy atom. The van der Waals surface area contributed by atoms with E-state index >= 15 is 0 Å². The number of fused-ring (bicyclic) bond motifs is 1. The largest absolute Gasteiger partial charge is 0.490 e. The zero-order valence-corrected chi connectivity index (χ0v) is 17.4. The molecule has 2 heterocycles. The summed E-state index contributed by atoms with van der Waals surface area (Å²) in [6.07, 6.45) is 1.40. The van der Waals surface area contributed by atoms with E-state index in [1.165, 1.54) is 5.56 Å². The zero-order valence-electron chi connectivity index (χ0n) is 17.4.